The molecule has 0 aliphatic rings. The second-order valence-corrected chi connectivity index (χ2v) is 3.95. The van der Waals surface area contributed by atoms with Gasteiger partial charge in [0.2, 0.25) is 0 Å². The molecule has 2 aromatic rings. The molecule has 0 saturated carbocycles. The number of benzene rings is 1. The maximum absolute atomic E-state index is 12.1. The molecule has 0 radical (unpaired) electrons. The normalized spacial score (nSPS) is 10.9. The monoisotopic (exact) mass is 217 g/mol. The van der Waals surface area contributed by atoms with Gasteiger partial charge in [-0.05, 0) is 31.0 Å². The Morgan fingerprint density at radius 3 is 2.75 bits per heavy atom. The number of hydrogen-bond donors (Lipinski definition) is 2. The Kier molecular flexibility index (Phi) is 2.79. The van der Waals surface area contributed by atoms with Gasteiger partial charge in [0, 0.05) is 22.2 Å². The summed E-state index contributed by atoms with van der Waals surface area (Å²) in [6, 6.07) is 5.83. The van der Waals surface area contributed by atoms with Crippen molar-refractivity contribution in [2.45, 2.75) is 26.9 Å². The minimum Gasteiger partial charge on any atom is -0.391 e. The average Bonchev–Trinajstić information content (AvgIpc) is 2.29. The number of aromatic amines is 1. The molecular formula is C13H15NO2. The first kappa shape index (κ1) is 10.9. The molecule has 0 saturated heterocycles. The van der Waals surface area contributed by atoms with Gasteiger partial charge in [-0.3, -0.25) is 4.79 Å². The number of H-pyrrole nitrogens is 1. The van der Waals surface area contributed by atoms with E-state index in [9.17, 15) is 4.79 Å². The molecule has 1 aromatic carbocycles. The molecule has 0 unspecified atom stereocenters. The van der Waals surface area contributed by atoms with Crippen LogP contribution < -0.4 is 5.43 Å². The van der Waals surface area contributed by atoms with Crippen molar-refractivity contribution in [1.82, 2.24) is 4.98 Å². The van der Waals surface area contributed by atoms with Crippen LogP contribution in [-0.2, 0) is 13.0 Å². The molecule has 2 rings (SSSR count). The van der Waals surface area contributed by atoms with Gasteiger partial charge in [-0.15, -0.1) is 0 Å². The van der Waals surface area contributed by atoms with Gasteiger partial charge in [0.15, 0.2) is 5.43 Å². The Hall–Kier alpha value is -1.61. The largest absolute Gasteiger partial charge is 0.391 e. The minimum atomic E-state index is -0.215. The summed E-state index contributed by atoms with van der Waals surface area (Å²) in [5.74, 6) is 0. The molecule has 0 spiro atoms. The van der Waals surface area contributed by atoms with E-state index in [-0.39, 0.29) is 12.0 Å². The number of rotatable bonds is 2. The topological polar surface area (TPSA) is 53.1 Å². The summed E-state index contributed by atoms with van der Waals surface area (Å²) in [6.07, 6.45) is 0.901. The van der Waals surface area contributed by atoms with Gasteiger partial charge in [-0.2, -0.15) is 0 Å². The zero-order chi connectivity index (χ0) is 11.7. The number of aryl methyl sites for hydroxylation is 2. The predicted molar refractivity (Wildman–Crippen MR) is 64.6 cm³/mol. The van der Waals surface area contributed by atoms with Gasteiger partial charge in [0.25, 0.3) is 0 Å². The number of aliphatic hydroxyl groups is 1. The molecule has 0 fully saturated rings. The van der Waals surface area contributed by atoms with Crippen molar-refractivity contribution >= 4 is 10.9 Å². The highest BCUT2D eigenvalue weighted by Gasteiger charge is 2.08. The lowest BCUT2D eigenvalue weighted by Crippen LogP contribution is -2.13. The van der Waals surface area contributed by atoms with Gasteiger partial charge < -0.3 is 10.1 Å². The van der Waals surface area contributed by atoms with E-state index in [4.69, 9.17) is 5.11 Å². The zero-order valence-corrected chi connectivity index (χ0v) is 9.50. The Bertz CT molecular complexity index is 584. The van der Waals surface area contributed by atoms with Crippen molar-refractivity contribution in [2.75, 3.05) is 0 Å². The molecule has 0 aliphatic carbocycles. The number of aliphatic hydroxyl groups excluding tert-OH is 1. The third kappa shape index (κ3) is 1.63. The quantitative estimate of drug-likeness (QED) is 0.807. The maximum atomic E-state index is 12.1. The van der Waals surface area contributed by atoms with E-state index in [1.807, 2.05) is 18.2 Å². The van der Waals surface area contributed by atoms with Crippen LogP contribution in [0.25, 0.3) is 10.9 Å². The second kappa shape index (κ2) is 4.10. The number of fused-ring (bicyclic) bond motifs is 1. The van der Waals surface area contributed by atoms with Gasteiger partial charge in [-0.25, -0.2) is 0 Å². The van der Waals surface area contributed by atoms with Crippen LogP contribution >= 0.6 is 0 Å². The fourth-order valence-corrected chi connectivity index (χ4v) is 1.91. The molecule has 1 aromatic heterocycles. The van der Waals surface area contributed by atoms with Gasteiger partial charge in [-0.1, -0.05) is 13.0 Å². The first-order valence-electron chi connectivity index (χ1n) is 5.42. The van der Waals surface area contributed by atoms with Gasteiger partial charge in [0.05, 0.1) is 6.61 Å². The standard InChI is InChI=1S/C13H15NO2/c1-3-9-4-5-12-10(6-9)13(16)11(7-15)8(2)14-12/h4-6,15H,3,7H2,1-2H3,(H,14,16). The molecule has 1 heterocycles. The van der Waals surface area contributed by atoms with Crippen LogP contribution in [-0.4, -0.2) is 10.1 Å². The molecule has 84 valence electrons. The molecule has 3 heteroatoms. The van der Waals surface area contributed by atoms with Crippen molar-refractivity contribution in [3.63, 3.8) is 0 Å². The fraction of sp³-hybridized carbons (Fsp3) is 0.308. The summed E-state index contributed by atoms with van der Waals surface area (Å²) >= 11 is 0. The number of nitrogens with one attached hydrogen (secondary N) is 1. The number of aromatic nitrogens is 1. The first-order chi connectivity index (χ1) is 7.67. The van der Waals surface area contributed by atoms with Crippen LogP contribution in [0.4, 0.5) is 0 Å². The Balaban J connectivity index is 2.84. The molecule has 3 nitrogen and oxygen atoms in total. The van der Waals surface area contributed by atoms with E-state index in [1.54, 1.807) is 6.92 Å². The lowest BCUT2D eigenvalue weighted by atomic mass is 10.1. The highest BCUT2D eigenvalue weighted by molar-refractivity contribution is 5.80. The lowest BCUT2D eigenvalue weighted by molar-refractivity contribution is 0.279. The van der Waals surface area contributed by atoms with Crippen LogP contribution in [0.5, 0.6) is 0 Å². The van der Waals surface area contributed by atoms with Crippen molar-refractivity contribution in [3.05, 3.63) is 45.2 Å². The van der Waals surface area contributed by atoms with E-state index in [1.165, 1.54) is 0 Å². The predicted octanol–water partition coefficient (Wildman–Crippen LogP) is 1.89. The highest BCUT2D eigenvalue weighted by Crippen LogP contribution is 2.13. The smallest absolute Gasteiger partial charge is 0.195 e. The van der Waals surface area contributed by atoms with E-state index >= 15 is 0 Å². The number of pyridine rings is 1. The molecular weight excluding hydrogens is 202 g/mol. The Labute approximate surface area is 93.7 Å². The molecule has 2 N–H and O–H groups in total. The summed E-state index contributed by atoms with van der Waals surface area (Å²) in [5, 5.41) is 9.83. The SMILES string of the molecule is CCc1ccc2[nH]c(C)c(CO)c(=O)c2c1. The van der Waals surface area contributed by atoms with Gasteiger partial charge >= 0.3 is 0 Å². The van der Waals surface area contributed by atoms with Crippen molar-refractivity contribution in [1.29, 1.82) is 0 Å². The number of hydrogen-bond acceptors (Lipinski definition) is 2. The minimum absolute atomic E-state index is 0.0657. The fourth-order valence-electron chi connectivity index (χ4n) is 1.91. The van der Waals surface area contributed by atoms with E-state index in [0.29, 0.717) is 10.9 Å². The van der Waals surface area contributed by atoms with Gasteiger partial charge in [0.1, 0.15) is 0 Å². The molecule has 16 heavy (non-hydrogen) atoms. The van der Waals surface area contributed by atoms with Crippen LogP contribution in [0.2, 0.25) is 0 Å². The molecule has 0 bridgehead atoms. The van der Waals surface area contributed by atoms with Crippen LogP contribution in [0.15, 0.2) is 23.0 Å². The van der Waals surface area contributed by atoms with Crippen LogP contribution in [0.3, 0.4) is 0 Å². The summed E-state index contributed by atoms with van der Waals surface area (Å²) in [6.45, 7) is 3.64. The van der Waals surface area contributed by atoms with E-state index < -0.39 is 0 Å². The van der Waals surface area contributed by atoms with E-state index in [2.05, 4.69) is 11.9 Å². The molecule has 0 aliphatic heterocycles. The Morgan fingerprint density at radius 2 is 2.12 bits per heavy atom. The lowest BCUT2D eigenvalue weighted by Gasteiger charge is -2.06. The Morgan fingerprint density at radius 1 is 1.38 bits per heavy atom. The highest BCUT2D eigenvalue weighted by atomic mass is 16.3. The summed E-state index contributed by atoms with van der Waals surface area (Å²) in [7, 11) is 0. The van der Waals surface area contributed by atoms with Crippen molar-refractivity contribution < 1.29 is 5.11 Å². The van der Waals surface area contributed by atoms with Crippen LogP contribution in [0.1, 0.15) is 23.7 Å². The molecule has 0 atom stereocenters. The van der Waals surface area contributed by atoms with E-state index in [0.717, 1.165) is 23.2 Å². The third-order valence-corrected chi connectivity index (χ3v) is 2.94. The summed E-state index contributed by atoms with van der Waals surface area (Å²) in [4.78, 5) is 15.2. The van der Waals surface area contributed by atoms with Crippen LogP contribution in [0, 0.1) is 6.92 Å². The average molecular weight is 217 g/mol. The van der Waals surface area contributed by atoms with Crippen molar-refractivity contribution in [2.24, 2.45) is 0 Å². The first-order valence-corrected chi connectivity index (χ1v) is 5.42. The second-order valence-electron chi connectivity index (χ2n) is 3.95. The third-order valence-electron chi connectivity index (χ3n) is 2.94. The zero-order valence-electron chi connectivity index (χ0n) is 9.50. The van der Waals surface area contributed by atoms with Crippen molar-refractivity contribution in [3.8, 4) is 0 Å². The summed E-state index contributed by atoms with van der Waals surface area (Å²) < 4.78 is 0. The summed E-state index contributed by atoms with van der Waals surface area (Å²) in [5.41, 5.74) is 3.09. The molecule has 0 amide bonds. The maximum Gasteiger partial charge on any atom is 0.195 e.